The lowest BCUT2D eigenvalue weighted by Gasteiger charge is -2.12. The third-order valence-corrected chi connectivity index (χ3v) is 1.82. The average Bonchev–Trinajstić information content (AvgIpc) is 2.15. The Bertz CT molecular complexity index is 387. The Morgan fingerprint density at radius 3 is 2.25 bits per heavy atom. The Kier molecular flexibility index (Phi) is 3.41. The largest absolute Gasteiger partial charge is 0.420 e. The highest BCUT2D eigenvalue weighted by Crippen LogP contribution is 2.33. The van der Waals surface area contributed by atoms with E-state index < -0.39 is 41.9 Å². The molecule has 0 unspecified atom stereocenters. The predicted molar refractivity (Wildman–Crippen MR) is 42.0 cm³/mol. The van der Waals surface area contributed by atoms with Gasteiger partial charge in [-0.25, -0.2) is 13.8 Å². The minimum Gasteiger partial charge on any atom is -0.326 e. The molecule has 2 nitrogen and oxygen atoms in total. The molecule has 0 amide bonds. The molecule has 0 bridgehead atoms. The van der Waals surface area contributed by atoms with Gasteiger partial charge in [0.2, 0.25) is 5.95 Å². The highest BCUT2D eigenvalue weighted by atomic mass is 19.4. The van der Waals surface area contributed by atoms with Crippen LogP contribution in [0.15, 0.2) is 6.07 Å². The molecule has 0 radical (unpaired) electrons. The fourth-order valence-corrected chi connectivity index (χ4v) is 1.10. The molecule has 16 heavy (non-hydrogen) atoms. The lowest BCUT2D eigenvalue weighted by molar-refractivity contribution is -0.140. The summed E-state index contributed by atoms with van der Waals surface area (Å²) in [7, 11) is 0. The van der Waals surface area contributed by atoms with Crippen molar-refractivity contribution >= 4 is 0 Å². The smallest absolute Gasteiger partial charge is 0.326 e. The zero-order valence-electron chi connectivity index (χ0n) is 7.65. The molecule has 0 aliphatic rings. The molecule has 1 aromatic rings. The zero-order valence-corrected chi connectivity index (χ0v) is 7.65. The lowest BCUT2D eigenvalue weighted by atomic mass is 10.1. The van der Waals surface area contributed by atoms with E-state index in [4.69, 9.17) is 5.73 Å². The van der Waals surface area contributed by atoms with Crippen molar-refractivity contribution in [1.82, 2.24) is 4.98 Å². The first-order valence-corrected chi connectivity index (χ1v) is 4.02. The van der Waals surface area contributed by atoms with Crippen molar-refractivity contribution in [1.29, 1.82) is 0 Å². The summed E-state index contributed by atoms with van der Waals surface area (Å²) < 4.78 is 73.9. The number of pyridine rings is 1. The van der Waals surface area contributed by atoms with E-state index >= 15 is 0 Å². The fraction of sp³-hybridized carbons (Fsp3) is 0.375. The second kappa shape index (κ2) is 4.28. The van der Waals surface area contributed by atoms with Crippen LogP contribution in [-0.4, -0.2) is 4.98 Å². The minimum atomic E-state index is -4.98. The van der Waals surface area contributed by atoms with Gasteiger partial charge in [-0.2, -0.15) is 17.6 Å². The summed E-state index contributed by atoms with van der Waals surface area (Å²) in [5, 5.41) is 0. The van der Waals surface area contributed by atoms with Gasteiger partial charge < -0.3 is 5.73 Å². The molecule has 8 heteroatoms. The van der Waals surface area contributed by atoms with Crippen molar-refractivity contribution in [3.05, 3.63) is 28.8 Å². The van der Waals surface area contributed by atoms with Gasteiger partial charge in [-0.05, 0) is 11.6 Å². The van der Waals surface area contributed by atoms with E-state index in [-0.39, 0.29) is 6.07 Å². The number of nitrogens with two attached hydrogens (primary N) is 1. The van der Waals surface area contributed by atoms with Crippen molar-refractivity contribution in [2.24, 2.45) is 5.73 Å². The van der Waals surface area contributed by atoms with Crippen LogP contribution in [-0.2, 0) is 12.7 Å². The summed E-state index contributed by atoms with van der Waals surface area (Å²) in [6.07, 6.45) is -8.16. The first kappa shape index (κ1) is 12.8. The summed E-state index contributed by atoms with van der Waals surface area (Å²) in [6.45, 7) is -0.573. The van der Waals surface area contributed by atoms with Gasteiger partial charge in [0.1, 0.15) is 11.3 Å². The van der Waals surface area contributed by atoms with Crippen LogP contribution < -0.4 is 5.73 Å². The van der Waals surface area contributed by atoms with Crippen molar-refractivity contribution < 1.29 is 26.3 Å². The predicted octanol–water partition coefficient (Wildman–Crippen LogP) is 2.64. The Morgan fingerprint density at radius 1 is 1.31 bits per heavy atom. The molecule has 1 heterocycles. The summed E-state index contributed by atoms with van der Waals surface area (Å²) in [5.41, 5.74) is 1.70. The van der Waals surface area contributed by atoms with Gasteiger partial charge in [0.25, 0.3) is 6.43 Å². The first-order chi connectivity index (χ1) is 7.27. The van der Waals surface area contributed by atoms with Gasteiger partial charge in [0.15, 0.2) is 0 Å². The van der Waals surface area contributed by atoms with E-state index in [1.54, 1.807) is 0 Å². The highest BCUT2D eigenvalue weighted by Gasteiger charge is 2.36. The maximum Gasteiger partial charge on any atom is 0.420 e. The van der Waals surface area contributed by atoms with Crippen molar-refractivity contribution in [2.75, 3.05) is 0 Å². The quantitative estimate of drug-likeness (QED) is 0.641. The van der Waals surface area contributed by atoms with Crippen LogP contribution in [0.3, 0.4) is 0 Å². The van der Waals surface area contributed by atoms with Gasteiger partial charge in [0, 0.05) is 6.54 Å². The molecule has 0 spiro atoms. The molecule has 0 atom stereocenters. The average molecular weight is 244 g/mol. The van der Waals surface area contributed by atoms with Gasteiger partial charge in [0.05, 0.1) is 0 Å². The molecule has 1 aromatic heterocycles. The number of alkyl halides is 5. The Hall–Kier alpha value is -1.31. The third-order valence-electron chi connectivity index (χ3n) is 1.82. The number of nitrogens with zero attached hydrogens (tertiary/aromatic N) is 1. The van der Waals surface area contributed by atoms with E-state index in [1.807, 2.05) is 0 Å². The van der Waals surface area contributed by atoms with E-state index in [2.05, 4.69) is 4.98 Å². The molecule has 2 N–H and O–H groups in total. The first-order valence-electron chi connectivity index (χ1n) is 4.02. The highest BCUT2D eigenvalue weighted by molar-refractivity contribution is 5.28. The monoisotopic (exact) mass is 244 g/mol. The van der Waals surface area contributed by atoms with Crippen LogP contribution in [0.25, 0.3) is 0 Å². The molecular weight excluding hydrogens is 238 g/mol. The van der Waals surface area contributed by atoms with Crippen LogP contribution in [0, 0.1) is 5.95 Å². The maximum absolute atomic E-state index is 12.8. The number of aromatic nitrogens is 1. The van der Waals surface area contributed by atoms with Crippen LogP contribution >= 0.6 is 0 Å². The Morgan fingerprint density at radius 2 is 1.88 bits per heavy atom. The van der Waals surface area contributed by atoms with Gasteiger partial charge in [-0.1, -0.05) is 0 Å². The standard InChI is InChI=1S/C8H6F6N2/c9-6(10)5-3(2-15)1-4(7(11)16-5)8(12,13)14/h1,6H,2,15H2. The van der Waals surface area contributed by atoms with Crippen LogP contribution in [0.4, 0.5) is 26.3 Å². The molecule has 0 fully saturated rings. The number of rotatable bonds is 2. The topological polar surface area (TPSA) is 38.9 Å². The molecule has 0 aliphatic carbocycles. The SMILES string of the molecule is NCc1cc(C(F)(F)F)c(F)nc1C(F)F. The number of hydrogen-bond acceptors (Lipinski definition) is 2. The zero-order chi connectivity index (χ0) is 12.5. The molecule has 1 rings (SSSR count). The maximum atomic E-state index is 12.8. The number of halogens is 6. The minimum absolute atomic E-state index is 0.254. The molecule has 90 valence electrons. The van der Waals surface area contributed by atoms with Crippen molar-refractivity contribution in [3.8, 4) is 0 Å². The fourth-order valence-electron chi connectivity index (χ4n) is 1.10. The second-order valence-electron chi connectivity index (χ2n) is 2.87. The molecule has 0 aromatic carbocycles. The van der Waals surface area contributed by atoms with Crippen LogP contribution in [0.2, 0.25) is 0 Å². The molecular formula is C8H6F6N2. The second-order valence-corrected chi connectivity index (χ2v) is 2.87. The van der Waals surface area contributed by atoms with E-state index in [0.717, 1.165) is 0 Å². The van der Waals surface area contributed by atoms with Gasteiger partial charge in [-0.3, -0.25) is 0 Å². The summed E-state index contributed by atoms with van der Waals surface area (Å²) in [4.78, 5) is 2.59. The molecule has 0 saturated carbocycles. The third kappa shape index (κ3) is 2.43. The van der Waals surface area contributed by atoms with Crippen molar-refractivity contribution in [2.45, 2.75) is 19.1 Å². The van der Waals surface area contributed by atoms with E-state index in [1.165, 1.54) is 0 Å². The molecule has 0 saturated heterocycles. The summed E-state index contributed by atoms with van der Waals surface area (Å²) in [5.74, 6) is -1.97. The Balaban J connectivity index is 3.37. The van der Waals surface area contributed by atoms with E-state index in [0.29, 0.717) is 0 Å². The van der Waals surface area contributed by atoms with Crippen LogP contribution in [0.1, 0.15) is 23.2 Å². The van der Waals surface area contributed by atoms with E-state index in [9.17, 15) is 26.3 Å². The van der Waals surface area contributed by atoms with Crippen molar-refractivity contribution in [3.63, 3.8) is 0 Å². The van der Waals surface area contributed by atoms with Gasteiger partial charge >= 0.3 is 6.18 Å². The lowest BCUT2D eigenvalue weighted by Crippen LogP contribution is -2.14. The van der Waals surface area contributed by atoms with Gasteiger partial charge in [-0.15, -0.1) is 0 Å². The summed E-state index contributed by atoms with van der Waals surface area (Å²) in [6, 6.07) is 0.254. The number of hydrogen-bond donors (Lipinski definition) is 1. The summed E-state index contributed by atoms with van der Waals surface area (Å²) >= 11 is 0. The van der Waals surface area contributed by atoms with Crippen LogP contribution in [0.5, 0.6) is 0 Å². The molecule has 0 aliphatic heterocycles. The normalized spacial score (nSPS) is 12.2. The Labute approximate surface area is 86.1 Å².